The van der Waals surface area contributed by atoms with Crippen molar-refractivity contribution in [3.05, 3.63) is 24.0 Å². The Balaban J connectivity index is 2.45. The smallest absolute Gasteiger partial charge is 0.270 e. The molecule has 0 aliphatic carbocycles. The van der Waals surface area contributed by atoms with Crippen LogP contribution in [0.2, 0.25) is 0 Å². The van der Waals surface area contributed by atoms with Gasteiger partial charge in [0.05, 0.1) is 0 Å². The maximum Gasteiger partial charge on any atom is 0.270 e. The fourth-order valence-corrected chi connectivity index (χ4v) is 1.37. The first kappa shape index (κ1) is 14.0. The Bertz CT molecular complexity index is 420. The van der Waals surface area contributed by atoms with Crippen LogP contribution in [0.1, 0.15) is 24.3 Å². The minimum Gasteiger partial charge on any atom is -0.385 e. The second-order valence-electron chi connectivity index (χ2n) is 3.70. The van der Waals surface area contributed by atoms with Gasteiger partial charge in [-0.3, -0.25) is 14.6 Å². The normalized spacial score (nSPS) is 9.67. The topological polar surface area (TPSA) is 83.1 Å². The number of rotatable bonds is 6. The van der Waals surface area contributed by atoms with Gasteiger partial charge in [-0.2, -0.15) is 0 Å². The molecule has 0 saturated heterocycles. The lowest BCUT2D eigenvalue weighted by atomic mass is 10.3. The van der Waals surface area contributed by atoms with Crippen LogP contribution < -0.4 is 16.0 Å². The molecule has 0 spiro atoms. The molecule has 1 aromatic rings. The van der Waals surface area contributed by atoms with Gasteiger partial charge in [-0.15, -0.1) is 0 Å². The van der Waals surface area contributed by atoms with Crippen LogP contribution in [-0.4, -0.2) is 36.4 Å². The SMILES string of the molecule is CCNc1ccnc(C(=O)NCCNC(C)=O)c1. The summed E-state index contributed by atoms with van der Waals surface area (Å²) in [6.45, 7) is 4.99. The van der Waals surface area contributed by atoms with Gasteiger partial charge in [0.1, 0.15) is 5.69 Å². The van der Waals surface area contributed by atoms with Crippen LogP contribution in [-0.2, 0) is 4.79 Å². The summed E-state index contributed by atoms with van der Waals surface area (Å²) in [6.07, 6.45) is 1.58. The number of carbonyl (C=O) groups excluding carboxylic acids is 2. The molecule has 2 amide bonds. The van der Waals surface area contributed by atoms with E-state index in [9.17, 15) is 9.59 Å². The molecule has 0 aliphatic rings. The van der Waals surface area contributed by atoms with Crippen molar-refractivity contribution in [3.8, 4) is 0 Å². The third-order valence-electron chi connectivity index (χ3n) is 2.16. The Kier molecular flexibility index (Phi) is 5.63. The summed E-state index contributed by atoms with van der Waals surface area (Å²) in [7, 11) is 0. The number of hydrogen-bond acceptors (Lipinski definition) is 4. The lowest BCUT2D eigenvalue weighted by Gasteiger charge is -2.07. The molecule has 0 fully saturated rings. The molecule has 0 bridgehead atoms. The maximum absolute atomic E-state index is 11.7. The molecule has 1 aromatic heterocycles. The van der Waals surface area contributed by atoms with Crippen LogP contribution in [0.3, 0.4) is 0 Å². The molecule has 0 saturated carbocycles. The van der Waals surface area contributed by atoms with E-state index in [1.165, 1.54) is 6.92 Å². The zero-order valence-electron chi connectivity index (χ0n) is 10.6. The third kappa shape index (κ3) is 4.82. The average Bonchev–Trinajstić information content (AvgIpc) is 2.35. The highest BCUT2D eigenvalue weighted by atomic mass is 16.2. The number of hydrogen-bond donors (Lipinski definition) is 3. The third-order valence-corrected chi connectivity index (χ3v) is 2.16. The highest BCUT2D eigenvalue weighted by molar-refractivity contribution is 5.93. The molecule has 6 heteroatoms. The van der Waals surface area contributed by atoms with Crippen LogP contribution >= 0.6 is 0 Å². The molecule has 0 aliphatic heterocycles. The minimum absolute atomic E-state index is 0.114. The van der Waals surface area contributed by atoms with E-state index in [1.807, 2.05) is 6.92 Å². The highest BCUT2D eigenvalue weighted by Crippen LogP contribution is 2.07. The summed E-state index contributed by atoms with van der Waals surface area (Å²) in [4.78, 5) is 26.4. The number of aromatic nitrogens is 1. The highest BCUT2D eigenvalue weighted by Gasteiger charge is 2.06. The van der Waals surface area contributed by atoms with Crippen molar-refractivity contribution in [2.24, 2.45) is 0 Å². The van der Waals surface area contributed by atoms with Crippen LogP contribution in [0.4, 0.5) is 5.69 Å². The molecule has 0 aromatic carbocycles. The van der Waals surface area contributed by atoms with Gasteiger partial charge in [-0.25, -0.2) is 0 Å². The molecule has 98 valence electrons. The quantitative estimate of drug-likeness (QED) is 0.637. The molecular weight excluding hydrogens is 232 g/mol. The van der Waals surface area contributed by atoms with Gasteiger partial charge in [0.2, 0.25) is 5.91 Å². The van der Waals surface area contributed by atoms with Crippen molar-refractivity contribution in [3.63, 3.8) is 0 Å². The lowest BCUT2D eigenvalue weighted by Crippen LogP contribution is -2.34. The summed E-state index contributed by atoms with van der Waals surface area (Å²) in [6, 6.07) is 3.49. The summed E-state index contributed by atoms with van der Waals surface area (Å²) in [5, 5.41) is 8.39. The van der Waals surface area contributed by atoms with E-state index in [-0.39, 0.29) is 11.8 Å². The summed E-state index contributed by atoms with van der Waals surface area (Å²) >= 11 is 0. The first-order valence-electron chi connectivity index (χ1n) is 5.86. The van der Waals surface area contributed by atoms with E-state index in [1.54, 1.807) is 18.3 Å². The summed E-state index contributed by atoms with van der Waals surface area (Å²) < 4.78 is 0. The van der Waals surface area contributed by atoms with E-state index >= 15 is 0 Å². The second kappa shape index (κ2) is 7.26. The molecule has 3 N–H and O–H groups in total. The second-order valence-corrected chi connectivity index (χ2v) is 3.70. The van der Waals surface area contributed by atoms with E-state index < -0.39 is 0 Å². The number of carbonyl (C=O) groups is 2. The first-order valence-corrected chi connectivity index (χ1v) is 5.86. The summed E-state index contributed by atoms with van der Waals surface area (Å²) in [5.74, 6) is -0.364. The summed E-state index contributed by atoms with van der Waals surface area (Å²) in [5.41, 5.74) is 1.22. The molecular formula is C12H18N4O2. The zero-order chi connectivity index (χ0) is 13.4. The number of pyridine rings is 1. The monoisotopic (exact) mass is 250 g/mol. The fourth-order valence-electron chi connectivity index (χ4n) is 1.37. The van der Waals surface area contributed by atoms with Crippen molar-refractivity contribution in [2.45, 2.75) is 13.8 Å². The maximum atomic E-state index is 11.7. The first-order chi connectivity index (χ1) is 8.63. The van der Waals surface area contributed by atoms with Gasteiger partial charge < -0.3 is 16.0 Å². The molecule has 18 heavy (non-hydrogen) atoms. The Morgan fingerprint density at radius 3 is 2.67 bits per heavy atom. The van der Waals surface area contributed by atoms with Crippen molar-refractivity contribution < 1.29 is 9.59 Å². The van der Waals surface area contributed by atoms with E-state index in [0.717, 1.165) is 12.2 Å². The number of nitrogens with one attached hydrogen (secondary N) is 3. The van der Waals surface area contributed by atoms with Gasteiger partial charge in [-0.05, 0) is 19.1 Å². The molecule has 6 nitrogen and oxygen atoms in total. The Labute approximate surface area is 106 Å². The fraction of sp³-hybridized carbons (Fsp3) is 0.417. The predicted octanol–water partition coefficient (Wildman–Crippen LogP) is 0.379. The zero-order valence-corrected chi connectivity index (χ0v) is 10.6. The number of amides is 2. The van der Waals surface area contributed by atoms with Crippen molar-refractivity contribution in [1.29, 1.82) is 0 Å². The molecule has 1 heterocycles. The average molecular weight is 250 g/mol. The Hall–Kier alpha value is -2.11. The van der Waals surface area contributed by atoms with Crippen molar-refractivity contribution in [2.75, 3.05) is 25.0 Å². The van der Waals surface area contributed by atoms with Gasteiger partial charge in [-0.1, -0.05) is 0 Å². The molecule has 0 atom stereocenters. The van der Waals surface area contributed by atoms with E-state index in [2.05, 4.69) is 20.9 Å². The van der Waals surface area contributed by atoms with Crippen LogP contribution in [0.25, 0.3) is 0 Å². The van der Waals surface area contributed by atoms with Crippen LogP contribution in [0, 0.1) is 0 Å². The molecule has 0 unspecified atom stereocenters. The minimum atomic E-state index is -0.250. The van der Waals surface area contributed by atoms with Gasteiger partial charge in [0.15, 0.2) is 0 Å². The number of nitrogens with zero attached hydrogens (tertiary/aromatic N) is 1. The molecule has 1 rings (SSSR count). The Morgan fingerprint density at radius 2 is 2.00 bits per heavy atom. The van der Waals surface area contributed by atoms with Crippen molar-refractivity contribution >= 4 is 17.5 Å². The van der Waals surface area contributed by atoms with Crippen molar-refractivity contribution in [1.82, 2.24) is 15.6 Å². The molecule has 0 radical (unpaired) electrons. The van der Waals surface area contributed by atoms with Gasteiger partial charge >= 0.3 is 0 Å². The van der Waals surface area contributed by atoms with E-state index in [4.69, 9.17) is 0 Å². The number of anilines is 1. The van der Waals surface area contributed by atoms with Crippen LogP contribution in [0.15, 0.2) is 18.3 Å². The standard InChI is InChI=1S/C12H18N4O2/c1-3-13-10-4-5-15-11(8-10)12(18)16-7-6-14-9(2)17/h4-5,8H,3,6-7H2,1-2H3,(H,13,15)(H,14,17)(H,16,18). The largest absolute Gasteiger partial charge is 0.385 e. The van der Waals surface area contributed by atoms with E-state index in [0.29, 0.717) is 18.8 Å². The Morgan fingerprint density at radius 1 is 1.28 bits per heavy atom. The van der Waals surface area contributed by atoms with Gasteiger partial charge in [0, 0.05) is 38.4 Å². The van der Waals surface area contributed by atoms with Crippen LogP contribution in [0.5, 0.6) is 0 Å². The lowest BCUT2D eigenvalue weighted by molar-refractivity contribution is -0.118. The van der Waals surface area contributed by atoms with Gasteiger partial charge in [0.25, 0.3) is 5.91 Å². The predicted molar refractivity (Wildman–Crippen MR) is 69.4 cm³/mol.